The smallest absolute Gasteiger partial charge is 0.190 e. The fourth-order valence-electron chi connectivity index (χ4n) is 2.40. The van der Waals surface area contributed by atoms with Crippen molar-refractivity contribution in [2.75, 3.05) is 20.1 Å². The van der Waals surface area contributed by atoms with Gasteiger partial charge in [-0.05, 0) is 18.6 Å². The highest BCUT2D eigenvalue weighted by molar-refractivity contribution is 14.0. The van der Waals surface area contributed by atoms with Crippen molar-refractivity contribution in [3.8, 4) is 0 Å². The summed E-state index contributed by atoms with van der Waals surface area (Å²) in [7, 11) is 1.81. The Kier molecular flexibility index (Phi) is 9.66. The molecule has 128 valence electrons. The van der Waals surface area contributed by atoms with Crippen LogP contribution in [0.4, 0.5) is 0 Å². The molecule has 0 aliphatic heterocycles. The van der Waals surface area contributed by atoms with Crippen LogP contribution in [-0.2, 0) is 6.42 Å². The standard InChI is InChI=1S/C17H27N5.HI/c1-3-4-5-7-11-19-17(18-2)20-12-10-15-14-22-13-8-6-9-16(22)21-15;/h6,8-9,13-14H,3-5,7,10-12H2,1-2H3,(H2,18,19,20);1H. The molecular weight excluding hydrogens is 401 g/mol. The van der Waals surface area contributed by atoms with Crippen molar-refractivity contribution in [1.29, 1.82) is 0 Å². The van der Waals surface area contributed by atoms with Crippen molar-refractivity contribution in [3.63, 3.8) is 0 Å². The summed E-state index contributed by atoms with van der Waals surface area (Å²) in [5.41, 5.74) is 2.09. The Morgan fingerprint density at radius 2 is 2.00 bits per heavy atom. The molecule has 0 saturated carbocycles. The van der Waals surface area contributed by atoms with Gasteiger partial charge in [-0.2, -0.15) is 0 Å². The monoisotopic (exact) mass is 429 g/mol. The summed E-state index contributed by atoms with van der Waals surface area (Å²) in [6.45, 7) is 4.04. The highest BCUT2D eigenvalue weighted by Crippen LogP contribution is 2.04. The number of halogens is 1. The first kappa shape index (κ1) is 19.7. The van der Waals surface area contributed by atoms with Crippen molar-refractivity contribution in [3.05, 3.63) is 36.3 Å². The van der Waals surface area contributed by atoms with Gasteiger partial charge in [-0.3, -0.25) is 4.99 Å². The minimum Gasteiger partial charge on any atom is -0.356 e. The molecule has 0 spiro atoms. The number of aliphatic imine (C=N–C) groups is 1. The van der Waals surface area contributed by atoms with Crippen molar-refractivity contribution in [2.24, 2.45) is 4.99 Å². The van der Waals surface area contributed by atoms with Gasteiger partial charge in [0.15, 0.2) is 5.96 Å². The van der Waals surface area contributed by atoms with E-state index in [0.717, 1.165) is 36.8 Å². The lowest BCUT2D eigenvalue weighted by molar-refractivity contribution is 0.646. The third-order valence-electron chi connectivity index (χ3n) is 3.63. The zero-order valence-corrected chi connectivity index (χ0v) is 16.4. The van der Waals surface area contributed by atoms with Crippen molar-refractivity contribution in [2.45, 2.75) is 39.0 Å². The van der Waals surface area contributed by atoms with E-state index in [1.165, 1.54) is 25.7 Å². The minimum atomic E-state index is 0. The Bertz CT molecular complexity index is 560. The second kappa shape index (κ2) is 11.3. The van der Waals surface area contributed by atoms with Crippen LogP contribution in [0, 0.1) is 0 Å². The molecule has 2 heterocycles. The molecule has 0 radical (unpaired) electrons. The average Bonchev–Trinajstić information content (AvgIpc) is 2.95. The van der Waals surface area contributed by atoms with Crippen LogP contribution in [0.2, 0.25) is 0 Å². The number of guanidine groups is 1. The fourth-order valence-corrected chi connectivity index (χ4v) is 2.40. The van der Waals surface area contributed by atoms with Gasteiger partial charge >= 0.3 is 0 Å². The molecule has 0 unspecified atom stereocenters. The number of imidazole rings is 1. The quantitative estimate of drug-likeness (QED) is 0.293. The number of unbranched alkanes of at least 4 members (excludes halogenated alkanes) is 3. The fraction of sp³-hybridized carbons (Fsp3) is 0.529. The number of hydrogen-bond donors (Lipinski definition) is 2. The number of nitrogens with zero attached hydrogens (tertiary/aromatic N) is 3. The first-order valence-electron chi connectivity index (χ1n) is 8.20. The molecule has 2 N–H and O–H groups in total. The first-order valence-corrected chi connectivity index (χ1v) is 8.20. The summed E-state index contributed by atoms with van der Waals surface area (Å²) in [6, 6.07) is 6.05. The predicted octanol–water partition coefficient (Wildman–Crippen LogP) is 3.24. The second-order valence-corrected chi connectivity index (χ2v) is 5.43. The Labute approximate surface area is 156 Å². The van der Waals surface area contributed by atoms with Gasteiger partial charge in [-0.25, -0.2) is 4.98 Å². The summed E-state index contributed by atoms with van der Waals surface area (Å²) in [5, 5.41) is 6.70. The number of pyridine rings is 1. The van der Waals surface area contributed by atoms with E-state index in [0.29, 0.717) is 0 Å². The van der Waals surface area contributed by atoms with E-state index < -0.39 is 0 Å². The molecule has 0 saturated heterocycles. The van der Waals surface area contributed by atoms with Crippen LogP contribution in [0.25, 0.3) is 5.65 Å². The first-order chi connectivity index (χ1) is 10.8. The highest BCUT2D eigenvalue weighted by Gasteiger charge is 2.02. The molecule has 0 amide bonds. The summed E-state index contributed by atoms with van der Waals surface area (Å²) in [6.07, 6.45) is 10.0. The van der Waals surface area contributed by atoms with E-state index in [4.69, 9.17) is 0 Å². The van der Waals surface area contributed by atoms with Gasteiger partial charge < -0.3 is 15.0 Å². The maximum absolute atomic E-state index is 4.59. The molecule has 0 atom stereocenters. The SMILES string of the molecule is CCCCCCNC(=NC)NCCc1cn2ccccc2n1.I. The highest BCUT2D eigenvalue weighted by atomic mass is 127. The largest absolute Gasteiger partial charge is 0.356 e. The normalized spacial score (nSPS) is 11.3. The summed E-state index contributed by atoms with van der Waals surface area (Å²) in [4.78, 5) is 8.84. The third-order valence-corrected chi connectivity index (χ3v) is 3.63. The molecule has 2 rings (SSSR count). The topological polar surface area (TPSA) is 53.7 Å². The molecule has 2 aromatic rings. The van der Waals surface area contributed by atoms with Crippen LogP contribution in [0.15, 0.2) is 35.6 Å². The lowest BCUT2D eigenvalue weighted by Crippen LogP contribution is -2.38. The molecule has 0 aromatic carbocycles. The van der Waals surface area contributed by atoms with Gasteiger partial charge in [0.2, 0.25) is 0 Å². The van der Waals surface area contributed by atoms with Crippen LogP contribution in [0.1, 0.15) is 38.3 Å². The van der Waals surface area contributed by atoms with E-state index in [1.807, 2.05) is 31.4 Å². The second-order valence-electron chi connectivity index (χ2n) is 5.43. The number of nitrogens with one attached hydrogen (secondary N) is 2. The molecule has 0 aliphatic carbocycles. The number of fused-ring (bicyclic) bond motifs is 1. The van der Waals surface area contributed by atoms with E-state index >= 15 is 0 Å². The zero-order chi connectivity index (χ0) is 15.6. The van der Waals surface area contributed by atoms with Crippen LogP contribution in [-0.4, -0.2) is 35.5 Å². The number of rotatable bonds is 8. The molecule has 0 fully saturated rings. The van der Waals surface area contributed by atoms with Crippen LogP contribution in [0.5, 0.6) is 0 Å². The van der Waals surface area contributed by atoms with Crippen molar-refractivity contribution in [1.82, 2.24) is 20.0 Å². The average molecular weight is 429 g/mol. The lowest BCUT2D eigenvalue weighted by Gasteiger charge is -2.11. The van der Waals surface area contributed by atoms with Gasteiger partial charge in [0.05, 0.1) is 5.69 Å². The van der Waals surface area contributed by atoms with E-state index in [2.05, 4.69) is 38.1 Å². The van der Waals surface area contributed by atoms with Crippen molar-refractivity contribution >= 4 is 35.6 Å². The molecule has 0 bridgehead atoms. The molecule has 6 heteroatoms. The van der Waals surface area contributed by atoms with Crippen LogP contribution < -0.4 is 10.6 Å². The number of aromatic nitrogens is 2. The van der Waals surface area contributed by atoms with E-state index in [1.54, 1.807) is 0 Å². The maximum atomic E-state index is 4.59. The van der Waals surface area contributed by atoms with Crippen molar-refractivity contribution < 1.29 is 0 Å². The van der Waals surface area contributed by atoms with E-state index in [-0.39, 0.29) is 24.0 Å². The molecule has 5 nitrogen and oxygen atoms in total. The van der Waals surface area contributed by atoms with Crippen LogP contribution >= 0.6 is 24.0 Å². The van der Waals surface area contributed by atoms with Crippen LogP contribution in [0.3, 0.4) is 0 Å². The van der Waals surface area contributed by atoms with Gasteiger partial charge in [-0.1, -0.05) is 32.3 Å². The molecule has 2 aromatic heterocycles. The Hall–Kier alpha value is -1.31. The molecule has 0 aliphatic rings. The summed E-state index contributed by atoms with van der Waals surface area (Å²) < 4.78 is 2.05. The van der Waals surface area contributed by atoms with Gasteiger partial charge in [0, 0.05) is 39.0 Å². The summed E-state index contributed by atoms with van der Waals surface area (Å²) >= 11 is 0. The Morgan fingerprint density at radius 1 is 1.17 bits per heavy atom. The lowest BCUT2D eigenvalue weighted by atomic mass is 10.2. The molecule has 23 heavy (non-hydrogen) atoms. The predicted molar refractivity (Wildman–Crippen MR) is 108 cm³/mol. The Morgan fingerprint density at radius 3 is 2.74 bits per heavy atom. The van der Waals surface area contributed by atoms with Gasteiger partial charge in [0.25, 0.3) is 0 Å². The Balaban J connectivity index is 0.00000264. The minimum absolute atomic E-state index is 0. The number of hydrogen-bond acceptors (Lipinski definition) is 2. The van der Waals surface area contributed by atoms with E-state index in [9.17, 15) is 0 Å². The third kappa shape index (κ3) is 6.76. The van der Waals surface area contributed by atoms with Gasteiger partial charge in [0.1, 0.15) is 5.65 Å². The summed E-state index contributed by atoms with van der Waals surface area (Å²) in [5.74, 6) is 0.875. The maximum Gasteiger partial charge on any atom is 0.190 e. The van der Waals surface area contributed by atoms with Gasteiger partial charge in [-0.15, -0.1) is 24.0 Å². The zero-order valence-electron chi connectivity index (χ0n) is 14.1. The molecular formula is C17H28IN5.